The Hall–Kier alpha value is -2.58. The summed E-state index contributed by atoms with van der Waals surface area (Å²) in [6, 6.07) is 5.57. The first-order chi connectivity index (χ1) is 13.2. The second-order valence-corrected chi connectivity index (χ2v) is 7.26. The fourth-order valence-electron chi connectivity index (χ4n) is 3.74. The van der Waals surface area contributed by atoms with Crippen molar-refractivity contribution < 1.29 is 27.6 Å². The summed E-state index contributed by atoms with van der Waals surface area (Å²) in [5, 5.41) is 4.42. The molecule has 1 atom stereocenters. The van der Waals surface area contributed by atoms with Crippen LogP contribution in [-0.2, 0) is 14.4 Å². The van der Waals surface area contributed by atoms with E-state index in [1.54, 1.807) is 5.32 Å². The molecule has 3 rings (SSSR count). The van der Waals surface area contributed by atoms with Gasteiger partial charge in [0.05, 0.1) is 5.92 Å². The second kappa shape index (κ2) is 8.20. The monoisotopic (exact) mass is 397 g/mol. The molecular formula is C19H22F3N3O3. The molecule has 0 radical (unpaired) electrons. The highest BCUT2D eigenvalue weighted by atomic mass is 19.4. The van der Waals surface area contributed by atoms with Crippen LogP contribution in [-0.4, -0.2) is 41.4 Å². The molecule has 152 valence electrons. The van der Waals surface area contributed by atoms with E-state index in [-0.39, 0.29) is 30.0 Å². The molecule has 3 amide bonds. The Balaban J connectivity index is 1.54. The van der Waals surface area contributed by atoms with E-state index >= 15 is 0 Å². The molecular weight excluding hydrogens is 375 g/mol. The Kier molecular flexibility index (Phi) is 5.90. The van der Waals surface area contributed by atoms with Gasteiger partial charge in [0, 0.05) is 30.4 Å². The van der Waals surface area contributed by atoms with Crippen LogP contribution in [0.4, 0.5) is 24.5 Å². The summed E-state index contributed by atoms with van der Waals surface area (Å²) in [6.07, 6.45) is 0.539. The first-order valence-electron chi connectivity index (χ1n) is 9.32. The number of hydrogen-bond donors (Lipinski definition) is 2. The molecule has 1 aliphatic heterocycles. The van der Waals surface area contributed by atoms with Gasteiger partial charge in [0.25, 0.3) is 0 Å². The largest absolute Gasteiger partial charge is 0.471 e. The summed E-state index contributed by atoms with van der Waals surface area (Å²) in [7, 11) is 0. The van der Waals surface area contributed by atoms with Crippen molar-refractivity contribution in [2.75, 3.05) is 17.2 Å². The van der Waals surface area contributed by atoms with E-state index < -0.39 is 18.0 Å². The third-order valence-corrected chi connectivity index (χ3v) is 5.21. The topological polar surface area (TPSA) is 78.5 Å². The zero-order valence-electron chi connectivity index (χ0n) is 15.2. The number of rotatable bonds is 4. The lowest BCUT2D eigenvalue weighted by Crippen LogP contribution is -2.38. The lowest BCUT2D eigenvalue weighted by Gasteiger charge is -2.31. The quantitative estimate of drug-likeness (QED) is 0.818. The third-order valence-electron chi connectivity index (χ3n) is 5.21. The molecule has 1 saturated carbocycles. The number of amides is 3. The van der Waals surface area contributed by atoms with Crippen LogP contribution < -0.4 is 10.6 Å². The SMILES string of the molecule is O=C(Nc1ccc(NC(=O)C(F)(F)F)cc1)C1CC(=O)N(C2CCCCC2)C1. The molecule has 1 unspecified atom stereocenters. The van der Waals surface area contributed by atoms with Gasteiger partial charge in [-0.1, -0.05) is 19.3 Å². The molecule has 1 saturated heterocycles. The Morgan fingerprint density at radius 3 is 2.11 bits per heavy atom. The summed E-state index contributed by atoms with van der Waals surface area (Å²) in [5.74, 6) is -2.80. The van der Waals surface area contributed by atoms with Gasteiger partial charge in [-0.15, -0.1) is 0 Å². The van der Waals surface area contributed by atoms with Crippen molar-refractivity contribution in [3.05, 3.63) is 24.3 Å². The number of nitrogens with zero attached hydrogens (tertiary/aromatic N) is 1. The van der Waals surface area contributed by atoms with Gasteiger partial charge in [-0.2, -0.15) is 13.2 Å². The first-order valence-corrected chi connectivity index (χ1v) is 9.32. The van der Waals surface area contributed by atoms with E-state index in [1.165, 1.54) is 30.7 Å². The Labute approximate surface area is 160 Å². The maximum absolute atomic E-state index is 12.5. The number of benzene rings is 1. The standard InChI is InChI=1S/C19H22F3N3O3/c20-19(21,22)18(28)24-14-8-6-13(7-9-14)23-17(27)12-10-16(26)25(11-12)15-4-2-1-3-5-15/h6-9,12,15H,1-5,10-11H2,(H,23,27)(H,24,28). The van der Waals surface area contributed by atoms with Crippen molar-refractivity contribution in [2.24, 2.45) is 5.92 Å². The van der Waals surface area contributed by atoms with Crippen LogP contribution >= 0.6 is 0 Å². The highest BCUT2D eigenvalue weighted by Crippen LogP contribution is 2.29. The summed E-state index contributed by atoms with van der Waals surface area (Å²) in [5.41, 5.74) is 0.360. The fraction of sp³-hybridized carbons (Fsp3) is 0.526. The molecule has 1 aliphatic carbocycles. The predicted molar refractivity (Wildman–Crippen MR) is 96.4 cm³/mol. The van der Waals surface area contributed by atoms with Crippen LogP contribution in [0.2, 0.25) is 0 Å². The molecule has 0 spiro atoms. The van der Waals surface area contributed by atoms with Gasteiger partial charge >= 0.3 is 12.1 Å². The molecule has 2 fully saturated rings. The van der Waals surface area contributed by atoms with E-state index in [1.807, 2.05) is 4.90 Å². The minimum absolute atomic E-state index is 0.00254. The molecule has 0 aromatic heterocycles. The summed E-state index contributed by atoms with van der Waals surface area (Å²) < 4.78 is 36.8. The van der Waals surface area contributed by atoms with Gasteiger partial charge in [0.2, 0.25) is 11.8 Å². The van der Waals surface area contributed by atoms with Crippen LogP contribution in [0.25, 0.3) is 0 Å². The first kappa shape index (κ1) is 20.2. The minimum Gasteiger partial charge on any atom is -0.339 e. The molecule has 6 nitrogen and oxygen atoms in total. The predicted octanol–water partition coefficient (Wildman–Crippen LogP) is 3.31. The molecule has 1 aromatic carbocycles. The van der Waals surface area contributed by atoms with Crippen molar-refractivity contribution in [3.8, 4) is 0 Å². The molecule has 0 bridgehead atoms. The van der Waals surface area contributed by atoms with Crippen LogP contribution in [0.1, 0.15) is 38.5 Å². The van der Waals surface area contributed by atoms with E-state index in [9.17, 15) is 27.6 Å². The van der Waals surface area contributed by atoms with Crippen molar-refractivity contribution in [1.29, 1.82) is 0 Å². The number of likely N-dealkylation sites (tertiary alicyclic amines) is 1. The van der Waals surface area contributed by atoms with E-state index in [0.717, 1.165) is 25.7 Å². The lowest BCUT2D eigenvalue weighted by molar-refractivity contribution is -0.167. The molecule has 2 N–H and O–H groups in total. The minimum atomic E-state index is -4.97. The van der Waals surface area contributed by atoms with Gasteiger partial charge in [0.1, 0.15) is 0 Å². The molecule has 1 heterocycles. The third kappa shape index (κ3) is 4.82. The number of hydrogen-bond acceptors (Lipinski definition) is 3. The summed E-state index contributed by atoms with van der Waals surface area (Å²) in [4.78, 5) is 37.5. The Bertz CT molecular complexity index is 743. The van der Waals surface area contributed by atoms with Crippen molar-refractivity contribution in [3.63, 3.8) is 0 Å². The Morgan fingerprint density at radius 1 is 0.964 bits per heavy atom. The number of halogens is 3. The van der Waals surface area contributed by atoms with Crippen molar-refractivity contribution >= 4 is 29.1 Å². The zero-order chi connectivity index (χ0) is 20.3. The van der Waals surface area contributed by atoms with Crippen molar-refractivity contribution in [1.82, 2.24) is 4.90 Å². The number of nitrogens with one attached hydrogen (secondary N) is 2. The van der Waals surface area contributed by atoms with E-state index in [2.05, 4.69) is 5.32 Å². The molecule has 1 aromatic rings. The van der Waals surface area contributed by atoms with Crippen LogP contribution in [0.5, 0.6) is 0 Å². The molecule has 2 aliphatic rings. The van der Waals surface area contributed by atoms with Gasteiger partial charge < -0.3 is 15.5 Å². The number of anilines is 2. The van der Waals surface area contributed by atoms with Crippen LogP contribution in [0, 0.1) is 5.92 Å². The number of carbonyl (C=O) groups excluding carboxylic acids is 3. The van der Waals surface area contributed by atoms with E-state index in [4.69, 9.17) is 0 Å². The molecule has 9 heteroatoms. The molecule has 28 heavy (non-hydrogen) atoms. The highest BCUT2D eigenvalue weighted by Gasteiger charge is 2.39. The maximum Gasteiger partial charge on any atom is 0.471 e. The van der Waals surface area contributed by atoms with E-state index in [0.29, 0.717) is 12.2 Å². The number of alkyl halides is 3. The van der Waals surface area contributed by atoms with Crippen LogP contribution in [0.15, 0.2) is 24.3 Å². The highest BCUT2D eigenvalue weighted by molar-refractivity contribution is 5.98. The average molecular weight is 397 g/mol. The van der Waals surface area contributed by atoms with Crippen LogP contribution in [0.3, 0.4) is 0 Å². The lowest BCUT2D eigenvalue weighted by atomic mass is 9.94. The van der Waals surface area contributed by atoms with Gasteiger partial charge in [-0.25, -0.2) is 0 Å². The van der Waals surface area contributed by atoms with Gasteiger partial charge in [-0.3, -0.25) is 14.4 Å². The second-order valence-electron chi connectivity index (χ2n) is 7.26. The Morgan fingerprint density at radius 2 is 1.54 bits per heavy atom. The van der Waals surface area contributed by atoms with Gasteiger partial charge in [0.15, 0.2) is 0 Å². The van der Waals surface area contributed by atoms with Crippen molar-refractivity contribution in [2.45, 2.75) is 50.7 Å². The number of carbonyl (C=O) groups is 3. The average Bonchev–Trinajstić information content (AvgIpc) is 3.05. The summed E-state index contributed by atoms with van der Waals surface area (Å²) in [6.45, 7) is 0.398. The maximum atomic E-state index is 12.5. The summed E-state index contributed by atoms with van der Waals surface area (Å²) >= 11 is 0. The van der Waals surface area contributed by atoms with Gasteiger partial charge in [-0.05, 0) is 37.1 Å². The fourth-order valence-corrected chi connectivity index (χ4v) is 3.74. The normalized spacial score (nSPS) is 20.9. The zero-order valence-corrected chi connectivity index (χ0v) is 15.2. The smallest absolute Gasteiger partial charge is 0.339 e.